The van der Waals surface area contributed by atoms with E-state index in [0.29, 0.717) is 6.04 Å². The van der Waals surface area contributed by atoms with Crippen LogP contribution in [0.1, 0.15) is 11.1 Å². The van der Waals surface area contributed by atoms with Crippen LogP contribution in [0.15, 0.2) is 126 Å². The fraction of sp³-hybridized carbons (Fsp3) is 0.0811. The zero-order chi connectivity index (χ0) is 26.9. The van der Waals surface area contributed by atoms with E-state index in [4.69, 9.17) is 14.4 Å². The van der Waals surface area contributed by atoms with Crippen LogP contribution in [-0.2, 0) is 12.8 Å². The van der Waals surface area contributed by atoms with Crippen LogP contribution in [0.4, 0.5) is 11.4 Å². The first-order valence-electron chi connectivity index (χ1n) is 14.2. The Morgan fingerprint density at radius 2 is 1.22 bits per heavy atom. The molecule has 194 valence electrons. The zero-order valence-corrected chi connectivity index (χ0v) is 22.3. The van der Waals surface area contributed by atoms with Gasteiger partial charge in [-0.25, -0.2) is 9.97 Å². The van der Waals surface area contributed by atoms with Crippen LogP contribution in [0.3, 0.4) is 0 Å². The molecule has 1 atom stereocenters. The molecule has 2 aromatic heterocycles. The van der Waals surface area contributed by atoms with Crippen LogP contribution in [0.2, 0.25) is 0 Å². The van der Waals surface area contributed by atoms with Gasteiger partial charge >= 0.3 is 0 Å². The second-order valence-electron chi connectivity index (χ2n) is 11.0. The van der Waals surface area contributed by atoms with Crippen LogP contribution >= 0.6 is 0 Å². The lowest BCUT2D eigenvalue weighted by atomic mass is 9.98. The van der Waals surface area contributed by atoms with E-state index in [0.717, 1.165) is 57.6 Å². The molecule has 0 saturated carbocycles. The lowest BCUT2D eigenvalue weighted by Crippen LogP contribution is -2.22. The molecular weight excluding hydrogens is 502 g/mol. The number of para-hydroxylation sites is 1. The van der Waals surface area contributed by atoms with Crippen molar-refractivity contribution in [1.82, 2.24) is 9.97 Å². The highest BCUT2D eigenvalue weighted by Gasteiger charge is 2.37. The second kappa shape index (κ2) is 8.64. The van der Waals surface area contributed by atoms with Crippen LogP contribution in [-0.4, -0.2) is 16.0 Å². The van der Waals surface area contributed by atoms with E-state index < -0.39 is 0 Å². The van der Waals surface area contributed by atoms with Crippen LogP contribution < -0.4 is 4.90 Å². The number of anilines is 2. The van der Waals surface area contributed by atoms with Crippen molar-refractivity contribution in [2.75, 3.05) is 4.90 Å². The summed E-state index contributed by atoms with van der Waals surface area (Å²) in [6.45, 7) is 0. The molecule has 0 saturated heterocycles. The van der Waals surface area contributed by atoms with E-state index in [1.807, 2.05) is 36.4 Å². The molecule has 5 aromatic carbocycles. The van der Waals surface area contributed by atoms with Gasteiger partial charge in [-0.05, 0) is 77.6 Å². The Labute approximate surface area is 237 Å². The normalized spacial score (nSPS) is 15.3. The number of benzene rings is 5. The Kier molecular flexibility index (Phi) is 4.76. The number of hydrogen-bond donors (Lipinski definition) is 0. The largest absolute Gasteiger partial charge is 0.452 e. The van der Waals surface area contributed by atoms with Crippen LogP contribution in [0, 0.1) is 0 Å². The van der Waals surface area contributed by atoms with Gasteiger partial charge in [-0.1, -0.05) is 78.9 Å². The van der Waals surface area contributed by atoms with E-state index >= 15 is 0 Å². The summed E-state index contributed by atoms with van der Waals surface area (Å²) in [5.41, 5.74) is 13.3. The van der Waals surface area contributed by atoms with Crippen molar-refractivity contribution >= 4 is 33.4 Å². The van der Waals surface area contributed by atoms with E-state index in [-0.39, 0.29) is 0 Å². The van der Waals surface area contributed by atoms with E-state index in [2.05, 4.69) is 89.8 Å². The number of aromatic nitrogens is 2. The van der Waals surface area contributed by atoms with Crippen LogP contribution in [0.25, 0.3) is 55.8 Å². The highest BCUT2D eigenvalue weighted by atomic mass is 16.3. The third-order valence-electron chi connectivity index (χ3n) is 8.59. The monoisotopic (exact) mass is 527 g/mol. The lowest BCUT2D eigenvalue weighted by molar-refractivity contribution is 0.667. The zero-order valence-electron chi connectivity index (χ0n) is 22.3. The van der Waals surface area contributed by atoms with Gasteiger partial charge in [-0.2, -0.15) is 0 Å². The SMILES string of the molecule is c1ccc(-c2ccc3c(c2)CC2Cc4cc(-c5nc(-c6ccccc6)c6oc7ccccc7c6n5)ccc4N32)cc1. The molecule has 0 radical (unpaired) electrons. The van der Waals surface area contributed by atoms with Gasteiger partial charge in [0, 0.05) is 33.9 Å². The molecule has 0 aliphatic carbocycles. The maximum Gasteiger partial charge on any atom is 0.180 e. The van der Waals surface area contributed by atoms with Gasteiger partial charge in [0.05, 0.1) is 0 Å². The summed E-state index contributed by atoms with van der Waals surface area (Å²) >= 11 is 0. The average molecular weight is 528 g/mol. The summed E-state index contributed by atoms with van der Waals surface area (Å²) in [5, 5.41) is 1.01. The first-order chi connectivity index (χ1) is 20.3. The topological polar surface area (TPSA) is 42.2 Å². The molecule has 0 bridgehead atoms. The molecule has 0 N–H and O–H groups in total. The standard InChI is InChI=1S/C37H25N3O/c1-3-9-23(10-4-1)25-15-17-31-27(19-25)21-29-22-28-20-26(16-18-32(28)40(29)31)37-38-34(24-11-5-2-6-12-24)36-35(39-37)30-13-7-8-14-33(30)41-36/h1-20,29H,21-22H2. The van der Waals surface area contributed by atoms with E-state index in [1.165, 1.54) is 33.6 Å². The van der Waals surface area contributed by atoms with Gasteiger partial charge < -0.3 is 9.32 Å². The predicted octanol–water partition coefficient (Wildman–Crippen LogP) is 9.00. The van der Waals surface area contributed by atoms with Crippen LogP contribution in [0.5, 0.6) is 0 Å². The van der Waals surface area contributed by atoms with Crippen molar-refractivity contribution in [1.29, 1.82) is 0 Å². The number of furan rings is 1. The predicted molar refractivity (Wildman–Crippen MR) is 165 cm³/mol. The van der Waals surface area contributed by atoms with Crippen molar-refractivity contribution in [2.45, 2.75) is 18.9 Å². The molecule has 4 heterocycles. The maximum atomic E-state index is 6.29. The summed E-state index contributed by atoms with van der Waals surface area (Å²) in [5.74, 6) is 0.727. The van der Waals surface area contributed by atoms with Crippen molar-refractivity contribution in [3.05, 3.63) is 132 Å². The number of nitrogens with zero attached hydrogens (tertiary/aromatic N) is 3. The van der Waals surface area contributed by atoms with Gasteiger partial charge in [0.2, 0.25) is 0 Å². The molecule has 7 aromatic rings. The van der Waals surface area contributed by atoms with Gasteiger partial charge in [-0.15, -0.1) is 0 Å². The average Bonchev–Trinajstić information content (AvgIpc) is 3.70. The molecule has 9 rings (SSSR count). The third-order valence-corrected chi connectivity index (χ3v) is 8.59. The summed E-state index contributed by atoms with van der Waals surface area (Å²) in [4.78, 5) is 12.7. The Morgan fingerprint density at radius 1 is 0.585 bits per heavy atom. The molecule has 0 fully saturated rings. The smallest absolute Gasteiger partial charge is 0.180 e. The van der Waals surface area contributed by atoms with Crippen molar-refractivity contribution in [3.8, 4) is 33.8 Å². The molecule has 2 aliphatic rings. The Morgan fingerprint density at radius 3 is 1.98 bits per heavy atom. The van der Waals surface area contributed by atoms with Gasteiger partial charge in [0.1, 0.15) is 16.8 Å². The molecule has 0 amide bonds. The minimum atomic E-state index is 0.447. The van der Waals surface area contributed by atoms with Crippen molar-refractivity contribution < 1.29 is 4.42 Å². The molecule has 1 unspecified atom stereocenters. The minimum absolute atomic E-state index is 0.447. The number of rotatable bonds is 3. The highest BCUT2D eigenvalue weighted by molar-refractivity contribution is 6.07. The molecule has 4 nitrogen and oxygen atoms in total. The fourth-order valence-electron chi connectivity index (χ4n) is 6.71. The maximum absolute atomic E-state index is 6.29. The van der Waals surface area contributed by atoms with E-state index in [9.17, 15) is 0 Å². The minimum Gasteiger partial charge on any atom is -0.452 e. The Hall–Kier alpha value is -5.22. The molecule has 41 heavy (non-hydrogen) atoms. The summed E-state index contributed by atoms with van der Waals surface area (Å²) in [6, 6.07) is 43.1. The first kappa shape index (κ1) is 22.6. The van der Waals surface area contributed by atoms with Gasteiger partial charge in [0.15, 0.2) is 11.4 Å². The van der Waals surface area contributed by atoms with Crippen molar-refractivity contribution in [2.24, 2.45) is 0 Å². The third kappa shape index (κ3) is 3.47. The van der Waals surface area contributed by atoms with Gasteiger partial charge in [-0.3, -0.25) is 0 Å². The van der Waals surface area contributed by atoms with Crippen molar-refractivity contribution in [3.63, 3.8) is 0 Å². The summed E-state index contributed by atoms with van der Waals surface area (Å²) in [6.07, 6.45) is 2.07. The summed E-state index contributed by atoms with van der Waals surface area (Å²) < 4.78 is 6.29. The second-order valence-corrected chi connectivity index (χ2v) is 11.0. The number of hydrogen-bond acceptors (Lipinski definition) is 4. The molecule has 0 spiro atoms. The number of fused-ring (bicyclic) bond motifs is 8. The fourth-order valence-corrected chi connectivity index (χ4v) is 6.71. The quantitative estimate of drug-likeness (QED) is 0.230. The van der Waals surface area contributed by atoms with E-state index in [1.54, 1.807) is 0 Å². The Balaban J connectivity index is 1.14. The molecule has 2 aliphatic heterocycles. The first-order valence-corrected chi connectivity index (χ1v) is 14.2. The summed E-state index contributed by atoms with van der Waals surface area (Å²) in [7, 11) is 0. The molecule has 4 heteroatoms. The van der Waals surface area contributed by atoms with Gasteiger partial charge in [0.25, 0.3) is 0 Å². The highest BCUT2D eigenvalue weighted by Crippen LogP contribution is 2.48. The lowest BCUT2D eigenvalue weighted by Gasteiger charge is -2.20. The Bertz CT molecular complexity index is 2110. The molecular formula is C37H25N3O.